The zero-order valence-electron chi connectivity index (χ0n) is 11.3. The van der Waals surface area contributed by atoms with Gasteiger partial charge in [0.15, 0.2) is 0 Å². The molecule has 0 spiro atoms. The zero-order chi connectivity index (χ0) is 13.0. The van der Waals surface area contributed by atoms with Crippen molar-refractivity contribution < 1.29 is 4.74 Å². The van der Waals surface area contributed by atoms with Crippen molar-refractivity contribution in [2.75, 3.05) is 24.3 Å². The standard InChI is InChI=1S/C12H21N5O/c1-4-12(7-6-8-12)17-10-14-9(13-5-2)15-11(16-10)18-3/h4-8H2,1-3H3,(H2,13,14,15,16,17). The van der Waals surface area contributed by atoms with Gasteiger partial charge in [0.05, 0.1) is 7.11 Å². The number of ether oxygens (including phenoxy) is 1. The van der Waals surface area contributed by atoms with Gasteiger partial charge in [-0.3, -0.25) is 0 Å². The number of hydrogen-bond donors (Lipinski definition) is 2. The van der Waals surface area contributed by atoms with Gasteiger partial charge in [0.2, 0.25) is 11.9 Å². The minimum atomic E-state index is 0.163. The van der Waals surface area contributed by atoms with Crippen molar-refractivity contribution in [1.82, 2.24) is 15.0 Å². The molecule has 0 radical (unpaired) electrons. The molecule has 1 aromatic heterocycles. The monoisotopic (exact) mass is 251 g/mol. The Morgan fingerprint density at radius 2 is 1.89 bits per heavy atom. The van der Waals surface area contributed by atoms with Crippen LogP contribution in [0.5, 0.6) is 6.01 Å². The van der Waals surface area contributed by atoms with Crippen molar-refractivity contribution in [2.45, 2.75) is 45.1 Å². The van der Waals surface area contributed by atoms with Gasteiger partial charge in [-0.25, -0.2) is 0 Å². The maximum absolute atomic E-state index is 5.10. The van der Waals surface area contributed by atoms with Crippen LogP contribution < -0.4 is 15.4 Å². The van der Waals surface area contributed by atoms with E-state index in [4.69, 9.17) is 4.74 Å². The first-order chi connectivity index (χ1) is 8.71. The third kappa shape index (κ3) is 2.63. The largest absolute Gasteiger partial charge is 0.467 e. The molecule has 6 heteroatoms. The van der Waals surface area contributed by atoms with E-state index in [1.165, 1.54) is 19.3 Å². The molecule has 1 saturated carbocycles. The number of aromatic nitrogens is 3. The molecule has 6 nitrogen and oxygen atoms in total. The molecule has 0 unspecified atom stereocenters. The Balaban J connectivity index is 2.18. The second-order valence-corrected chi connectivity index (χ2v) is 4.61. The van der Waals surface area contributed by atoms with Crippen molar-refractivity contribution in [3.05, 3.63) is 0 Å². The van der Waals surface area contributed by atoms with Crippen molar-refractivity contribution in [3.8, 4) is 6.01 Å². The van der Waals surface area contributed by atoms with E-state index in [0.29, 0.717) is 17.9 Å². The summed E-state index contributed by atoms with van der Waals surface area (Å²) in [6, 6.07) is 0.342. The van der Waals surface area contributed by atoms with Crippen molar-refractivity contribution >= 4 is 11.9 Å². The zero-order valence-corrected chi connectivity index (χ0v) is 11.3. The third-order valence-electron chi connectivity index (χ3n) is 3.50. The maximum Gasteiger partial charge on any atom is 0.322 e. The van der Waals surface area contributed by atoms with E-state index in [1.54, 1.807) is 7.11 Å². The van der Waals surface area contributed by atoms with E-state index in [2.05, 4.69) is 32.5 Å². The van der Waals surface area contributed by atoms with E-state index in [0.717, 1.165) is 13.0 Å². The van der Waals surface area contributed by atoms with E-state index >= 15 is 0 Å². The van der Waals surface area contributed by atoms with Crippen molar-refractivity contribution in [1.29, 1.82) is 0 Å². The van der Waals surface area contributed by atoms with Gasteiger partial charge in [-0.2, -0.15) is 15.0 Å². The van der Waals surface area contributed by atoms with Gasteiger partial charge < -0.3 is 15.4 Å². The van der Waals surface area contributed by atoms with Gasteiger partial charge in [-0.1, -0.05) is 6.92 Å². The van der Waals surface area contributed by atoms with E-state index in [1.807, 2.05) is 6.92 Å². The molecular formula is C12H21N5O. The lowest BCUT2D eigenvalue weighted by Crippen LogP contribution is -2.44. The Bertz CT molecular complexity index is 400. The summed E-state index contributed by atoms with van der Waals surface area (Å²) >= 11 is 0. The second kappa shape index (κ2) is 5.37. The predicted octanol–water partition coefficient (Wildman–Crippen LogP) is 2.06. The molecule has 1 aromatic rings. The van der Waals surface area contributed by atoms with Gasteiger partial charge in [0.25, 0.3) is 0 Å². The lowest BCUT2D eigenvalue weighted by atomic mass is 9.75. The SMILES string of the molecule is CCNc1nc(NC2(CC)CCC2)nc(OC)n1. The van der Waals surface area contributed by atoms with Crippen LogP contribution in [0.1, 0.15) is 39.5 Å². The van der Waals surface area contributed by atoms with Crippen LogP contribution in [0.4, 0.5) is 11.9 Å². The quantitative estimate of drug-likeness (QED) is 0.806. The topological polar surface area (TPSA) is 72.0 Å². The Morgan fingerprint density at radius 1 is 1.17 bits per heavy atom. The molecule has 0 aromatic carbocycles. The lowest BCUT2D eigenvalue weighted by molar-refractivity contribution is 0.267. The summed E-state index contributed by atoms with van der Waals surface area (Å²) < 4.78 is 5.10. The highest BCUT2D eigenvalue weighted by molar-refractivity contribution is 5.38. The molecule has 1 heterocycles. The Labute approximate surface area is 108 Å². The molecule has 0 amide bonds. The molecule has 0 aliphatic heterocycles. The fraction of sp³-hybridized carbons (Fsp3) is 0.750. The lowest BCUT2D eigenvalue weighted by Gasteiger charge is -2.41. The smallest absolute Gasteiger partial charge is 0.322 e. The molecule has 18 heavy (non-hydrogen) atoms. The number of hydrogen-bond acceptors (Lipinski definition) is 6. The minimum Gasteiger partial charge on any atom is -0.467 e. The summed E-state index contributed by atoms with van der Waals surface area (Å²) in [6.45, 7) is 4.96. The first kappa shape index (κ1) is 12.9. The van der Waals surface area contributed by atoms with Crippen LogP contribution in [0.15, 0.2) is 0 Å². The first-order valence-corrected chi connectivity index (χ1v) is 6.53. The Morgan fingerprint density at radius 3 is 2.39 bits per heavy atom. The molecule has 1 aliphatic rings. The molecule has 0 saturated heterocycles. The summed E-state index contributed by atoms with van der Waals surface area (Å²) in [6.07, 6.45) is 4.70. The van der Waals surface area contributed by atoms with E-state index < -0.39 is 0 Å². The van der Waals surface area contributed by atoms with Gasteiger partial charge in [0, 0.05) is 12.1 Å². The summed E-state index contributed by atoms with van der Waals surface area (Å²) in [7, 11) is 1.56. The molecule has 1 aliphatic carbocycles. The molecule has 1 fully saturated rings. The van der Waals surface area contributed by atoms with E-state index in [-0.39, 0.29) is 5.54 Å². The molecule has 0 bridgehead atoms. The fourth-order valence-corrected chi connectivity index (χ4v) is 2.15. The summed E-state index contributed by atoms with van der Waals surface area (Å²) in [5.74, 6) is 1.15. The maximum atomic E-state index is 5.10. The van der Waals surface area contributed by atoms with Crippen molar-refractivity contribution in [3.63, 3.8) is 0 Å². The number of anilines is 2. The molecular weight excluding hydrogens is 230 g/mol. The summed E-state index contributed by atoms with van der Waals surface area (Å²) in [5, 5.41) is 6.51. The van der Waals surface area contributed by atoms with Gasteiger partial charge in [-0.15, -0.1) is 0 Å². The molecule has 100 valence electrons. The van der Waals surface area contributed by atoms with Gasteiger partial charge in [0.1, 0.15) is 0 Å². The third-order valence-corrected chi connectivity index (χ3v) is 3.50. The first-order valence-electron chi connectivity index (χ1n) is 6.53. The Kier molecular flexibility index (Phi) is 3.84. The van der Waals surface area contributed by atoms with Crippen LogP contribution in [-0.4, -0.2) is 34.1 Å². The number of nitrogens with one attached hydrogen (secondary N) is 2. The normalized spacial score (nSPS) is 16.8. The number of methoxy groups -OCH3 is 1. The van der Waals surface area contributed by atoms with Crippen molar-refractivity contribution in [2.24, 2.45) is 0 Å². The highest BCUT2D eigenvalue weighted by atomic mass is 16.5. The Hall–Kier alpha value is -1.59. The minimum absolute atomic E-state index is 0.163. The van der Waals surface area contributed by atoms with Crippen LogP contribution >= 0.6 is 0 Å². The van der Waals surface area contributed by atoms with Crippen LogP contribution in [0, 0.1) is 0 Å². The highest BCUT2D eigenvalue weighted by Gasteiger charge is 2.35. The average molecular weight is 251 g/mol. The number of rotatable bonds is 6. The van der Waals surface area contributed by atoms with E-state index in [9.17, 15) is 0 Å². The predicted molar refractivity (Wildman–Crippen MR) is 71.0 cm³/mol. The summed E-state index contributed by atoms with van der Waals surface area (Å²) in [5.41, 5.74) is 0.163. The van der Waals surface area contributed by atoms with Gasteiger partial charge in [-0.05, 0) is 32.6 Å². The number of nitrogens with zero attached hydrogens (tertiary/aromatic N) is 3. The van der Waals surface area contributed by atoms with Crippen LogP contribution in [-0.2, 0) is 0 Å². The molecule has 2 N–H and O–H groups in total. The van der Waals surface area contributed by atoms with Crippen LogP contribution in [0.2, 0.25) is 0 Å². The molecule has 0 atom stereocenters. The summed E-state index contributed by atoms with van der Waals surface area (Å²) in [4.78, 5) is 12.8. The second-order valence-electron chi connectivity index (χ2n) is 4.61. The van der Waals surface area contributed by atoms with Crippen LogP contribution in [0.25, 0.3) is 0 Å². The van der Waals surface area contributed by atoms with Gasteiger partial charge >= 0.3 is 6.01 Å². The average Bonchev–Trinajstić information content (AvgIpc) is 2.34. The molecule has 2 rings (SSSR count). The highest BCUT2D eigenvalue weighted by Crippen LogP contribution is 2.37. The van der Waals surface area contributed by atoms with Crippen LogP contribution in [0.3, 0.4) is 0 Å². The fourth-order valence-electron chi connectivity index (χ4n) is 2.15.